The van der Waals surface area contributed by atoms with Gasteiger partial charge in [-0.15, -0.1) is 0 Å². The zero-order valence-electron chi connectivity index (χ0n) is 8.87. The molecule has 0 spiro atoms. The highest BCUT2D eigenvalue weighted by atomic mass is 31.2. The van der Waals surface area contributed by atoms with Gasteiger partial charge in [0.2, 0.25) is 0 Å². The molecule has 0 fully saturated rings. The van der Waals surface area contributed by atoms with Crippen molar-refractivity contribution in [1.82, 2.24) is 0 Å². The van der Waals surface area contributed by atoms with Crippen molar-refractivity contribution < 1.29 is 19.3 Å². The molecule has 0 saturated heterocycles. The van der Waals surface area contributed by atoms with Crippen molar-refractivity contribution in [3.05, 3.63) is 0 Å². The number of rotatable bonds is 4. The van der Waals surface area contributed by atoms with E-state index in [1.807, 2.05) is 0 Å². The van der Waals surface area contributed by atoms with Gasteiger partial charge in [0.05, 0.1) is 6.61 Å². The van der Waals surface area contributed by atoms with Crippen LogP contribution in [-0.4, -0.2) is 27.5 Å². The number of hydrogen-bond acceptors (Lipinski definition) is 4. The largest absolute Gasteiger partial charge is 0.380 e. The molecule has 0 radical (unpaired) electrons. The summed E-state index contributed by atoms with van der Waals surface area (Å²) in [6.45, 7) is 7.38. The Balaban J connectivity index is 5.10. The maximum absolute atomic E-state index is 12.1. The lowest BCUT2D eigenvalue weighted by atomic mass is 10.5. The highest BCUT2D eigenvalue weighted by Crippen LogP contribution is 2.65. The fourth-order valence-electron chi connectivity index (χ4n) is 1.17. The van der Waals surface area contributed by atoms with Crippen molar-refractivity contribution in [3.63, 3.8) is 0 Å². The van der Waals surface area contributed by atoms with Crippen LogP contribution in [0.25, 0.3) is 0 Å². The zero-order chi connectivity index (χ0) is 10.9. The smallest absolute Gasteiger partial charge is 0.262 e. The minimum absolute atomic E-state index is 0.200. The first-order valence-electron chi connectivity index (χ1n) is 4.26. The van der Waals surface area contributed by atoms with Crippen LogP contribution in [0.3, 0.4) is 0 Å². The van der Waals surface area contributed by atoms with Crippen molar-refractivity contribution in [2.24, 2.45) is 0 Å². The van der Waals surface area contributed by atoms with Crippen molar-refractivity contribution in [2.75, 3.05) is 6.61 Å². The van der Waals surface area contributed by atoms with Crippen molar-refractivity contribution in [2.45, 2.75) is 45.3 Å². The second kappa shape index (κ2) is 3.70. The van der Waals surface area contributed by atoms with Gasteiger partial charge in [0, 0.05) is 0 Å². The monoisotopic (exact) mass is 210 g/mol. The van der Waals surface area contributed by atoms with Crippen LogP contribution in [-0.2, 0) is 9.09 Å². The maximum atomic E-state index is 12.1. The van der Waals surface area contributed by atoms with E-state index in [1.54, 1.807) is 6.92 Å². The predicted molar refractivity (Wildman–Crippen MR) is 51.8 cm³/mol. The molecule has 0 amide bonds. The molecule has 0 unspecified atom stereocenters. The molecule has 0 aromatic rings. The van der Waals surface area contributed by atoms with Gasteiger partial charge in [-0.3, -0.25) is 4.57 Å². The molecule has 0 aliphatic carbocycles. The summed E-state index contributed by atoms with van der Waals surface area (Å²) in [4.78, 5) is 0. The van der Waals surface area contributed by atoms with Gasteiger partial charge in [-0.2, -0.15) is 0 Å². The minimum atomic E-state index is -3.48. The van der Waals surface area contributed by atoms with Crippen molar-refractivity contribution in [3.8, 4) is 0 Å². The lowest BCUT2D eigenvalue weighted by Crippen LogP contribution is -2.34. The summed E-state index contributed by atoms with van der Waals surface area (Å²) in [6, 6.07) is 0. The van der Waals surface area contributed by atoms with E-state index in [0.29, 0.717) is 0 Å². The second-order valence-corrected chi connectivity index (χ2v) is 7.51. The average Bonchev–Trinajstić information content (AvgIpc) is 1.82. The molecule has 5 heteroatoms. The molecule has 0 atom stereocenters. The van der Waals surface area contributed by atoms with E-state index in [2.05, 4.69) is 0 Å². The first-order valence-corrected chi connectivity index (χ1v) is 5.88. The van der Waals surface area contributed by atoms with Crippen LogP contribution in [0, 0.1) is 0 Å². The first-order chi connectivity index (χ1) is 5.56. The van der Waals surface area contributed by atoms with Gasteiger partial charge in [0.15, 0.2) is 0 Å². The molecular formula is C8H19O4P. The third-order valence-corrected chi connectivity index (χ3v) is 5.26. The quantitative estimate of drug-likeness (QED) is 0.694. The number of aliphatic hydroxyl groups is 2. The van der Waals surface area contributed by atoms with Gasteiger partial charge in [-0.05, 0) is 34.6 Å². The highest BCUT2D eigenvalue weighted by Gasteiger charge is 2.51. The van der Waals surface area contributed by atoms with Crippen LogP contribution >= 0.6 is 7.37 Å². The Labute approximate surface area is 79.4 Å². The fourth-order valence-corrected chi connectivity index (χ4v) is 3.50. The molecule has 0 aromatic heterocycles. The summed E-state index contributed by atoms with van der Waals surface area (Å²) in [7, 11) is -3.48. The molecule has 80 valence electrons. The van der Waals surface area contributed by atoms with Crippen LogP contribution < -0.4 is 0 Å². The van der Waals surface area contributed by atoms with Crippen LogP contribution in [0.2, 0.25) is 0 Å². The minimum Gasteiger partial charge on any atom is -0.380 e. The molecule has 0 aliphatic rings. The summed E-state index contributed by atoms with van der Waals surface area (Å²) in [5, 5.41) is 16.3. The third-order valence-electron chi connectivity index (χ3n) is 1.75. The third kappa shape index (κ3) is 2.53. The Morgan fingerprint density at radius 1 is 1.15 bits per heavy atom. The van der Waals surface area contributed by atoms with E-state index in [9.17, 15) is 14.8 Å². The molecule has 13 heavy (non-hydrogen) atoms. The molecule has 4 nitrogen and oxygen atoms in total. The Kier molecular flexibility index (Phi) is 3.73. The van der Waals surface area contributed by atoms with Crippen LogP contribution in [0.5, 0.6) is 0 Å². The highest BCUT2D eigenvalue weighted by molar-refractivity contribution is 7.61. The van der Waals surface area contributed by atoms with Gasteiger partial charge < -0.3 is 14.7 Å². The molecular weight excluding hydrogens is 191 g/mol. The Morgan fingerprint density at radius 3 is 1.54 bits per heavy atom. The van der Waals surface area contributed by atoms with Crippen molar-refractivity contribution >= 4 is 7.37 Å². The molecule has 0 bridgehead atoms. The van der Waals surface area contributed by atoms with Crippen LogP contribution in [0.15, 0.2) is 0 Å². The molecule has 0 heterocycles. The van der Waals surface area contributed by atoms with Gasteiger partial charge in [-0.1, -0.05) is 0 Å². The van der Waals surface area contributed by atoms with E-state index in [4.69, 9.17) is 4.52 Å². The normalized spacial score (nSPS) is 14.7. The van der Waals surface area contributed by atoms with Gasteiger partial charge in [0.25, 0.3) is 7.37 Å². The van der Waals surface area contributed by atoms with E-state index in [0.717, 1.165) is 0 Å². The van der Waals surface area contributed by atoms with E-state index >= 15 is 0 Å². The van der Waals surface area contributed by atoms with Crippen LogP contribution in [0.1, 0.15) is 34.6 Å². The summed E-state index contributed by atoms with van der Waals surface area (Å²) < 4.78 is 17.1. The molecule has 0 saturated carbocycles. The topological polar surface area (TPSA) is 66.8 Å². The molecule has 2 N–H and O–H groups in total. The van der Waals surface area contributed by atoms with Crippen molar-refractivity contribution in [1.29, 1.82) is 0 Å². The SMILES string of the molecule is CCOP(=O)(C(C)(C)O)C(C)(C)O. The molecule has 0 aromatic carbocycles. The summed E-state index contributed by atoms with van der Waals surface area (Å²) in [5.74, 6) is 0. The van der Waals surface area contributed by atoms with Crippen LogP contribution in [0.4, 0.5) is 0 Å². The van der Waals surface area contributed by atoms with E-state index < -0.39 is 18.1 Å². The zero-order valence-corrected chi connectivity index (χ0v) is 9.76. The predicted octanol–water partition coefficient (Wildman–Crippen LogP) is 1.76. The Bertz CT molecular complexity index is 193. The van der Waals surface area contributed by atoms with Gasteiger partial charge >= 0.3 is 0 Å². The number of hydrogen-bond donors (Lipinski definition) is 2. The first kappa shape index (κ1) is 13.1. The lowest BCUT2D eigenvalue weighted by molar-refractivity contribution is 0.0834. The molecule has 0 rings (SSSR count). The van der Waals surface area contributed by atoms with Gasteiger partial charge in [0.1, 0.15) is 10.7 Å². The standard InChI is InChI=1S/C8H19O4P/c1-6-12-13(11,7(2,3)9)8(4,5)10/h9-10H,6H2,1-5H3. The van der Waals surface area contributed by atoms with E-state index in [-0.39, 0.29) is 6.61 Å². The Morgan fingerprint density at radius 2 is 1.46 bits per heavy atom. The van der Waals surface area contributed by atoms with E-state index in [1.165, 1.54) is 27.7 Å². The Hall–Kier alpha value is 0.110. The lowest BCUT2D eigenvalue weighted by Gasteiger charge is -2.37. The summed E-state index contributed by atoms with van der Waals surface area (Å²) >= 11 is 0. The molecule has 0 aliphatic heterocycles. The summed E-state index contributed by atoms with van der Waals surface area (Å²) in [5.41, 5.74) is 0. The summed E-state index contributed by atoms with van der Waals surface area (Å²) in [6.07, 6.45) is 0. The average molecular weight is 210 g/mol. The maximum Gasteiger partial charge on any atom is 0.262 e. The van der Waals surface area contributed by atoms with Gasteiger partial charge in [-0.25, -0.2) is 0 Å². The second-order valence-electron chi connectivity index (χ2n) is 3.96. The fraction of sp³-hybridized carbons (Fsp3) is 1.00.